The van der Waals surface area contributed by atoms with Crippen molar-refractivity contribution in [1.82, 2.24) is 0 Å². The van der Waals surface area contributed by atoms with Crippen LogP contribution in [0.2, 0.25) is 0 Å². The number of hydrogen-bond acceptors (Lipinski definition) is 4. The molecule has 158 valence electrons. The quantitative estimate of drug-likeness (QED) is 0.194. The minimum atomic E-state index is -4.42. The summed E-state index contributed by atoms with van der Waals surface area (Å²) in [6.07, 6.45) is 16.5. The van der Waals surface area contributed by atoms with E-state index in [0.29, 0.717) is 19.3 Å². The molecule has 0 saturated carbocycles. The van der Waals surface area contributed by atoms with Crippen LogP contribution in [0.3, 0.4) is 0 Å². The second-order valence-electron chi connectivity index (χ2n) is 7.77. The molecule has 0 radical (unpaired) electrons. The summed E-state index contributed by atoms with van der Waals surface area (Å²) >= 11 is 0. The molecule has 2 unspecified atom stereocenters. The van der Waals surface area contributed by atoms with Crippen LogP contribution in [0.1, 0.15) is 123 Å². The molecule has 6 heteroatoms. The maximum Gasteiger partial charge on any atom is 1.00 e. The molecule has 0 amide bonds. The van der Waals surface area contributed by atoms with E-state index in [1.807, 2.05) is 0 Å². The third-order valence-electron chi connectivity index (χ3n) is 5.25. The molecule has 0 saturated heterocycles. The van der Waals surface area contributed by atoms with E-state index in [-0.39, 0.29) is 51.4 Å². The predicted octanol–water partition coefficient (Wildman–Crippen LogP) is 2.94. The van der Waals surface area contributed by atoms with Crippen molar-refractivity contribution in [3.8, 4) is 0 Å². The van der Waals surface area contributed by atoms with Crippen molar-refractivity contribution in [2.24, 2.45) is 0 Å². The van der Waals surface area contributed by atoms with E-state index in [0.717, 1.165) is 32.1 Å². The van der Waals surface area contributed by atoms with Gasteiger partial charge in [-0.05, 0) is 12.8 Å². The summed E-state index contributed by atoms with van der Waals surface area (Å²) in [5, 5.41) is 9.09. The molecule has 4 nitrogen and oxygen atoms in total. The fourth-order valence-corrected chi connectivity index (χ4v) is 4.48. The summed E-state index contributed by atoms with van der Waals surface area (Å²) < 4.78 is 34.5. The van der Waals surface area contributed by atoms with E-state index in [1.54, 1.807) is 0 Å². The van der Waals surface area contributed by atoms with Gasteiger partial charge in [-0.15, -0.1) is 0 Å². The largest absolute Gasteiger partial charge is 1.00 e. The molecule has 0 spiro atoms. The topological polar surface area (TPSA) is 77.4 Å². The standard InChI is InChI=1S/C21H44O4S.K/c1-3-5-7-9-11-13-14-16-18-20(22)21(26(23,24)25)19-17-15-12-10-8-6-4-2;/h20-22H,3-19H2,1-2H3,(H,23,24,25);/q;+1/p-1. The molecule has 0 heterocycles. The summed E-state index contributed by atoms with van der Waals surface area (Å²) in [5.74, 6) is 0. The Bertz CT molecular complexity index is 401. The first kappa shape index (κ1) is 30.7. The maximum atomic E-state index is 11.5. The Kier molecular flexibility index (Phi) is 23.6. The Hall–Kier alpha value is 1.51. The monoisotopic (exact) mass is 430 g/mol. The number of aliphatic hydroxyl groups is 1. The second kappa shape index (κ2) is 20.8. The average molecular weight is 431 g/mol. The van der Waals surface area contributed by atoms with Crippen LogP contribution >= 0.6 is 0 Å². The van der Waals surface area contributed by atoms with Gasteiger partial charge in [0.1, 0.15) is 10.1 Å². The minimum Gasteiger partial charge on any atom is -0.748 e. The number of hydrogen-bond donors (Lipinski definition) is 1. The molecule has 1 N–H and O–H groups in total. The average Bonchev–Trinajstić information content (AvgIpc) is 2.58. The Morgan fingerprint density at radius 2 is 1.00 bits per heavy atom. The Balaban J connectivity index is 0. The molecule has 0 aromatic heterocycles. The van der Waals surface area contributed by atoms with E-state index in [1.165, 1.54) is 57.8 Å². The van der Waals surface area contributed by atoms with E-state index in [4.69, 9.17) is 0 Å². The van der Waals surface area contributed by atoms with Crippen LogP contribution in [0.5, 0.6) is 0 Å². The molecule has 0 fully saturated rings. The summed E-state index contributed by atoms with van der Waals surface area (Å²) in [6, 6.07) is 0. The van der Waals surface area contributed by atoms with Crippen LogP contribution in [0.25, 0.3) is 0 Å². The second-order valence-corrected chi connectivity index (χ2v) is 9.36. The molecule has 27 heavy (non-hydrogen) atoms. The van der Waals surface area contributed by atoms with Gasteiger partial charge >= 0.3 is 51.4 Å². The predicted molar refractivity (Wildman–Crippen MR) is 109 cm³/mol. The van der Waals surface area contributed by atoms with Crippen molar-refractivity contribution < 1.29 is 69.5 Å². The van der Waals surface area contributed by atoms with Gasteiger partial charge in [0, 0.05) is 0 Å². The normalized spacial score (nSPS) is 13.9. The summed E-state index contributed by atoms with van der Waals surface area (Å²) in [4.78, 5) is 0. The Morgan fingerprint density at radius 1 is 0.667 bits per heavy atom. The molecule has 0 aliphatic carbocycles. The first-order valence-corrected chi connectivity index (χ1v) is 12.5. The van der Waals surface area contributed by atoms with Crippen LogP contribution in [0.15, 0.2) is 0 Å². The zero-order valence-electron chi connectivity index (χ0n) is 18.3. The van der Waals surface area contributed by atoms with Gasteiger partial charge in [0.05, 0.1) is 11.4 Å². The first-order valence-electron chi connectivity index (χ1n) is 11.1. The van der Waals surface area contributed by atoms with Crippen molar-refractivity contribution in [1.29, 1.82) is 0 Å². The summed E-state index contributed by atoms with van der Waals surface area (Å²) in [6.45, 7) is 4.38. The van der Waals surface area contributed by atoms with Crippen LogP contribution in [0.4, 0.5) is 0 Å². The molecule has 0 aromatic carbocycles. The third-order valence-corrected chi connectivity index (χ3v) is 6.54. The van der Waals surface area contributed by atoms with E-state index >= 15 is 0 Å². The van der Waals surface area contributed by atoms with Crippen molar-refractivity contribution in [2.75, 3.05) is 0 Å². The van der Waals surface area contributed by atoms with Gasteiger partial charge in [-0.2, -0.15) is 0 Å². The van der Waals surface area contributed by atoms with E-state index in [2.05, 4.69) is 13.8 Å². The third kappa shape index (κ3) is 19.2. The fraction of sp³-hybridized carbons (Fsp3) is 1.00. The zero-order valence-corrected chi connectivity index (χ0v) is 22.2. The van der Waals surface area contributed by atoms with Gasteiger partial charge < -0.3 is 9.66 Å². The minimum absolute atomic E-state index is 0. The van der Waals surface area contributed by atoms with Gasteiger partial charge in [0.25, 0.3) is 0 Å². The SMILES string of the molecule is CCCCCCCCCCC(O)C(CCCCCCCCC)S(=O)(=O)[O-].[K+]. The zero-order chi connectivity index (χ0) is 19.7. The van der Waals surface area contributed by atoms with Crippen molar-refractivity contribution in [3.63, 3.8) is 0 Å². The Morgan fingerprint density at radius 3 is 1.37 bits per heavy atom. The number of aliphatic hydroxyl groups excluding tert-OH is 1. The molecule has 2 atom stereocenters. The first-order chi connectivity index (χ1) is 12.4. The van der Waals surface area contributed by atoms with Crippen LogP contribution in [-0.2, 0) is 10.1 Å². The number of unbranched alkanes of at least 4 members (excludes halogenated alkanes) is 13. The molecular formula is C21H43KO4S. The van der Waals surface area contributed by atoms with Crippen LogP contribution < -0.4 is 51.4 Å². The summed E-state index contributed by atoms with van der Waals surface area (Å²) in [7, 11) is -4.42. The Labute approximate surface area is 211 Å². The van der Waals surface area contributed by atoms with Crippen LogP contribution in [0, 0.1) is 0 Å². The molecule has 0 aliphatic rings. The van der Waals surface area contributed by atoms with E-state index in [9.17, 15) is 18.1 Å². The molecule has 0 aromatic rings. The molecule has 0 bridgehead atoms. The molecule has 0 rings (SSSR count). The smallest absolute Gasteiger partial charge is 0.748 e. The van der Waals surface area contributed by atoms with Gasteiger partial charge in [-0.3, -0.25) is 0 Å². The van der Waals surface area contributed by atoms with Crippen molar-refractivity contribution in [3.05, 3.63) is 0 Å². The molecular weight excluding hydrogens is 387 g/mol. The van der Waals surface area contributed by atoms with Crippen molar-refractivity contribution in [2.45, 2.75) is 134 Å². The van der Waals surface area contributed by atoms with Gasteiger partial charge in [0.15, 0.2) is 0 Å². The maximum absolute atomic E-state index is 11.5. The summed E-state index contributed by atoms with van der Waals surface area (Å²) in [5.41, 5.74) is 0. The van der Waals surface area contributed by atoms with Gasteiger partial charge in [-0.1, -0.05) is 110 Å². The van der Waals surface area contributed by atoms with Gasteiger partial charge in [-0.25, -0.2) is 8.42 Å². The molecule has 0 aliphatic heterocycles. The van der Waals surface area contributed by atoms with Gasteiger partial charge in [0.2, 0.25) is 0 Å². The number of rotatable bonds is 19. The fourth-order valence-electron chi connectivity index (χ4n) is 3.50. The van der Waals surface area contributed by atoms with E-state index < -0.39 is 21.5 Å². The van der Waals surface area contributed by atoms with Crippen LogP contribution in [-0.4, -0.2) is 29.4 Å². The van der Waals surface area contributed by atoms with Crippen molar-refractivity contribution >= 4 is 10.1 Å².